The van der Waals surface area contributed by atoms with Crippen molar-refractivity contribution in [3.8, 4) is 23.0 Å². The van der Waals surface area contributed by atoms with Gasteiger partial charge >= 0.3 is 5.69 Å². The Morgan fingerprint density at radius 1 is 1.09 bits per heavy atom. The molecule has 0 N–H and O–H groups in total. The first-order valence-corrected chi connectivity index (χ1v) is 11.6. The van der Waals surface area contributed by atoms with Gasteiger partial charge in [0.2, 0.25) is 11.5 Å². The molecule has 2 aromatic rings. The Hall–Kier alpha value is -3.54. The number of nitro groups is 1. The first-order valence-electron chi connectivity index (χ1n) is 9.70. The highest BCUT2D eigenvalue weighted by molar-refractivity contribution is 7.90. The summed E-state index contributed by atoms with van der Waals surface area (Å²) in [4.78, 5) is 25.4. The fourth-order valence-electron chi connectivity index (χ4n) is 3.08. The zero-order chi connectivity index (χ0) is 24.8. The van der Waals surface area contributed by atoms with Crippen LogP contribution in [-0.4, -0.2) is 71.9 Å². The molecular formula is C21H26N2O9S. The molecule has 0 saturated carbocycles. The molecule has 2 aromatic carbocycles. The van der Waals surface area contributed by atoms with E-state index >= 15 is 0 Å². The fourth-order valence-corrected chi connectivity index (χ4v) is 3.73. The van der Waals surface area contributed by atoms with Crippen LogP contribution in [0.15, 0.2) is 35.2 Å². The van der Waals surface area contributed by atoms with Gasteiger partial charge in [0.1, 0.15) is 11.3 Å². The summed E-state index contributed by atoms with van der Waals surface area (Å²) in [5.41, 5.74) is -0.736. The zero-order valence-corrected chi connectivity index (χ0v) is 19.8. The lowest BCUT2D eigenvalue weighted by molar-refractivity contribution is -0.386. The molecule has 0 bridgehead atoms. The summed E-state index contributed by atoms with van der Waals surface area (Å²) in [6.07, 6.45) is 1.50. The molecule has 0 heterocycles. The van der Waals surface area contributed by atoms with E-state index in [2.05, 4.69) is 0 Å². The zero-order valence-electron chi connectivity index (χ0n) is 19.0. The van der Waals surface area contributed by atoms with E-state index in [0.717, 1.165) is 6.26 Å². The van der Waals surface area contributed by atoms with Gasteiger partial charge in [-0.1, -0.05) is 6.07 Å². The lowest BCUT2D eigenvalue weighted by Gasteiger charge is -2.19. The quantitative estimate of drug-likeness (QED) is 0.269. The van der Waals surface area contributed by atoms with Gasteiger partial charge in [-0.2, -0.15) is 0 Å². The summed E-state index contributed by atoms with van der Waals surface area (Å²) in [5.74, 6) is -0.318. The Balaban J connectivity index is 2.14. The number of hydrogen-bond acceptors (Lipinski definition) is 9. The van der Waals surface area contributed by atoms with Crippen molar-refractivity contribution >= 4 is 21.4 Å². The smallest absolute Gasteiger partial charge is 0.327 e. The summed E-state index contributed by atoms with van der Waals surface area (Å²) in [6.45, 7) is 0.417. The number of ether oxygens (including phenoxy) is 4. The Labute approximate surface area is 191 Å². The number of carbonyl (C=O) groups excluding carboxylic acids is 1. The molecule has 0 spiro atoms. The molecule has 2 rings (SSSR count). The van der Waals surface area contributed by atoms with Gasteiger partial charge in [0.25, 0.3) is 5.91 Å². The van der Waals surface area contributed by atoms with Crippen LogP contribution < -0.4 is 18.9 Å². The molecule has 0 aliphatic rings. The number of carbonyl (C=O) groups is 1. The number of nitro benzene ring substituents is 1. The highest BCUT2D eigenvalue weighted by Gasteiger charge is 2.33. The van der Waals surface area contributed by atoms with Crippen LogP contribution in [0.5, 0.6) is 23.0 Å². The molecule has 0 saturated heterocycles. The first kappa shape index (κ1) is 25.7. The summed E-state index contributed by atoms with van der Waals surface area (Å²) in [6, 6.07) is 7.34. The van der Waals surface area contributed by atoms with E-state index in [1.165, 1.54) is 51.5 Å². The predicted octanol–water partition coefficient (Wildman–Crippen LogP) is 2.57. The van der Waals surface area contributed by atoms with Gasteiger partial charge in [-0.05, 0) is 24.6 Å². The highest BCUT2D eigenvalue weighted by atomic mass is 32.2. The Kier molecular flexibility index (Phi) is 8.46. The summed E-state index contributed by atoms with van der Waals surface area (Å²) < 4.78 is 44.4. The molecule has 11 nitrogen and oxygen atoms in total. The maximum absolute atomic E-state index is 13.0. The van der Waals surface area contributed by atoms with Crippen molar-refractivity contribution in [2.45, 2.75) is 11.3 Å². The van der Waals surface area contributed by atoms with Crippen LogP contribution in [0.1, 0.15) is 16.8 Å². The van der Waals surface area contributed by atoms with Crippen LogP contribution in [0, 0.1) is 10.1 Å². The van der Waals surface area contributed by atoms with Gasteiger partial charge < -0.3 is 23.8 Å². The number of sulfone groups is 1. The Morgan fingerprint density at radius 3 is 2.30 bits per heavy atom. The molecule has 0 fully saturated rings. The maximum Gasteiger partial charge on any atom is 0.327 e. The molecule has 0 aliphatic carbocycles. The standard InChI is InChI=1S/C21H26N2O9S/c1-22(10-7-11-32-14-8-6-9-15(12-14)33(5,27)28)21(24)16-13-17(29-2)19(30-3)20(31-4)18(16)23(25)26/h6,8-9,12-13H,7,10-11H2,1-5H3. The molecule has 33 heavy (non-hydrogen) atoms. The van der Waals surface area contributed by atoms with Crippen LogP contribution in [0.4, 0.5) is 5.69 Å². The van der Waals surface area contributed by atoms with Crippen LogP contribution >= 0.6 is 0 Å². The van der Waals surface area contributed by atoms with Gasteiger partial charge in [0, 0.05) is 25.9 Å². The second-order valence-electron chi connectivity index (χ2n) is 6.97. The lowest BCUT2D eigenvalue weighted by Crippen LogP contribution is -2.29. The summed E-state index contributed by atoms with van der Waals surface area (Å²) in [5, 5.41) is 11.7. The van der Waals surface area contributed by atoms with E-state index in [0.29, 0.717) is 12.2 Å². The van der Waals surface area contributed by atoms with Gasteiger partial charge in [0.05, 0.1) is 37.8 Å². The molecule has 0 aromatic heterocycles. The number of hydrogen-bond donors (Lipinski definition) is 0. The molecular weight excluding hydrogens is 456 g/mol. The second kappa shape index (κ2) is 10.9. The van der Waals surface area contributed by atoms with E-state index < -0.39 is 26.4 Å². The van der Waals surface area contributed by atoms with Gasteiger partial charge in [-0.15, -0.1) is 0 Å². The monoisotopic (exact) mass is 482 g/mol. The molecule has 0 radical (unpaired) electrons. The van der Waals surface area contributed by atoms with Crippen molar-refractivity contribution in [2.75, 3.05) is 47.8 Å². The highest BCUT2D eigenvalue weighted by Crippen LogP contribution is 2.46. The second-order valence-corrected chi connectivity index (χ2v) is 8.99. The van der Waals surface area contributed by atoms with Crippen molar-refractivity contribution in [1.82, 2.24) is 4.90 Å². The molecule has 0 unspecified atom stereocenters. The van der Waals surface area contributed by atoms with Crippen LogP contribution in [0.3, 0.4) is 0 Å². The number of amides is 1. The summed E-state index contributed by atoms with van der Waals surface area (Å²) >= 11 is 0. The van der Waals surface area contributed by atoms with E-state index in [9.17, 15) is 23.3 Å². The minimum absolute atomic E-state index is 0.00984. The molecule has 180 valence electrons. The Bertz CT molecular complexity index is 1130. The van der Waals surface area contributed by atoms with Crippen LogP contribution in [0.25, 0.3) is 0 Å². The van der Waals surface area contributed by atoms with E-state index in [-0.39, 0.29) is 40.9 Å². The maximum atomic E-state index is 13.0. The molecule has 12 heteroatoms. The first-order chi connectivity index (χ1) is 15.5. The fraction of sp³-hybridized carbons (Fsp3) is 0.381. The Morgan fingerprint density at radius 2 is 1.76 bits per heavy atom. The van der Waals surface area contributed by atoms with Crippen molar-refractivity contribution in [1.29, 1.82) is 0 Å². The van der Waals surface area contributed by atoms with Gasteiger partial charge in [-0.25, -0.2) is 8.42 Å². The predicted molar refractivity (Wildman–Crippen MR) is 119 cm³/mol. The number of nitrogens with zero attached hydrogens (tertiary/aromatic N) is 2. The van der Waals surface area contributed by atoms with Crippen LogP contribution in [0.2, 0.25) is 0 Å². The SMILES string of the molecule is COc1cc(C(=O)N(C)CCCOc2cccc(S(C)(=O)=O)c2)c([N+](=O)[O-])c(OC)c1OC. The molecule has 1 amide bonds. The van der Waals surface area contributed by atoms with Crippen molar-refractivity contribution < 1.29 is 37.1 Å². The van der Waals surface area contributed by atoms with Crippen molar-refractivity contribution in [3.63, 3.8) is 0 Å². The van der Waals surface area contributed by atoms with E-state index in [4.69, 9.17) is 18.9 Å². The summed E-state index contributed by atoms with van der Waals surface area (Å²) in [7, 11) is 2.03. The average molecular weight is 483 g/mol. The molecule has 0 aliphatic heterocycles. The van der Waals surface area contributed by atoms with E-state index in [1.54, 1.807) is 12.1 Å². The molecule has 0 atom stereocenters. The lowest BCUT2D eigenvalue weighted by atomic mass is 10.1. The van der Waals surface area contributed by atoms with Gasteiger partial charge in [-0.3, -0.25) is 14.9 Å². The normalized spacial score (nSPS) is 10.9. The number of rotatable bonds is 11. The minimum Gasteiger partial charge on any atom is -0.493 e. The van der Waals surface area contributed by atoms with Crippen molar-refractivity contribution in [3.05, 3.63) is 46.0 Å². The average Bonchev–Trinajstić information content (AvgIpc) is 2.78. The topological polar surface area (TPSA) is 135 Å². The van der Waals surface area contributed by atoms with Gasteiger partial charge in [0.15, 0.2) is 15.6 Å². The van der Waals surface area contributed by atoms with Crippen molar-refractivity contribution in [2.24, 2.45) is 0 Å². The number of methoxy groups -OCH3 is 3. The largest absolute Gasteiger partial charge is 0.493 e. The third-order valence-corrected chi connectivity index (χ3v) is 5.81. The van der Waals surface area contributed by atoms with E-state index in [1.807, 2.05) is 0 Å². The minimum atomic E-state index is -3.36. The van der Waals surface area contributed by atoms with Crippen LogP contribution in [-0.2, 0) is 9.84 Å². The third kappa shape index (κ3) is 6.04. The number of benzene rings is 2. The third-order valence-electron chi connectivity index (χ3n) is 4.70.